The summed E-state index contributed by atoms with van der Waals surface area (Å²) in [7, 11) is 0. The smallest absolute Gasteiger partial charge is 0.243 e. The van der Waals surface area contributed by atoms with Crippen molar-refractivity contribution in [1.29, 1.82) is 0 Å². The highest BCUT2D eigenvalue weighted by Crippen LogP contribution is 2.23. The van der Waals surface area contributed by atoms with Gasteiger partial charge in [0.1, 0.15) is 5.82 Å². The number of piperazine rings is 1. The lowest BCUT2D eigenvalue weighted by Gasteiger charge is -2.38. The minimum Gasteiger partial charge on any atom is -0.367 e. The first-order valence-corrected chi connectivity index (χ1v) is 8.89. The largest absolute Gasteiger partial charge is 0.367 e. The van der Waals surface area contributed by atoms with Crippen LogP contribution in [0.25, 0.3) is 0 Å². The van der Waals surface area contributed by atoms with Crippen molar-refractivity contribution >= 4 is 23.3 Å². The number of Topliss-reactive ketones (excluding diaryl/α,β-unsaturated/α-hetero) is 1. The van der Waals surface area contributed by atoms with Gasteiger partial charge in [-0.25, -0.2) is 4.39 Å². The fraction of sp³-hybridized carbons (Fsp3) is 0.421. The number of halogens is 1. The second-order valence-electron chi connectivity index (χ2n) is 6.74. The summed E-state index contributed by atoms with van der Waals surface area (Å²) < 4.78 is 19.3. The third kappa shape index (κ3) is 4.33. The molecular formula is C19H23FN4O3. The van der Waals surface area contributed by atoms with Crippen molar-refractivity contribution < 1.29 is 18.5 Å². The lowest BCUT2D eigenvalue weighted by atomic mass is 10.1. The van der Waals surface area contributed by atoms with Gasteiger partial charge in [-0.15, -0.1) is 0 Å². The van der Waals surface area contributed by atoms with Crippen LogP contribution in [-0.2, 0) is 4.79 Å². The van der Waals surface area contributed by atoms with E-state index in [4.69, 9.17) is 4.52 Å². The average molecular weight is 374 g/mol. The van der Waals surface area contributed by atoms with E-state index in [0.717, 1.165) is 0 Å². The zero-order valence-electron chi connectivity index (χ0n) is 15.7. The molecule has 1 aliphatic heterocycles. The zero-order valence-corrected chi connectivity index (χ0v) is 15.7. The van der Waals surface area contributed by atoms with Crippen LogP contribution in [-0.4, -0.2) is 54.0 Å². The normalized spacial score (nSPS) is 16.2. The molecule has 0 spiro atoms. The molecular weight excluding hydrogens is 351 g/mol. The molecule has 8 heteroatoms. The summed E-state index contributed by atoms with van der Waals surface area (Å²) in [6.07, 6.45) is 0. The van der Waals surface area contributed by atoms with Crippen molar-refractivity contribution in [2.24, 2.45) is 0 Å². The highest BCUT2D eigenvalue weighted by Gasteiger charge is 2.27. The van der Waals surface area contributed by atoms with Gasteiger partial charge in [0.25, 0.3) is 0 Å². The minimum atomic E-state index is -0.400. The molecule has 1 N–H and O–H groups in total. The topological polar surface area (TPSA) is 78.7 Å². The summed E-state index contributed by atoms with van der Waals surface area (Å²) in [5, 5.41) is 6.46. The van der Waals surface area contributed by atoms with Gasteiger partial charge < -0.3 is 9.42 Å². The van der Waals surface area contributed by atoms with Crippen molar-refractivity contribution in [3.63, 3.8) is 0 Å². The van der Waals surface area contributed by atoms with Crippen molar-refractivity contribution in [2.45, 2.75) is 26.8 Å². The molecule has 1 atom stereocenters. The Hall–Kier alpha value is -2.74. The molecule has 1 aromatic carbocycles. The summed E-state index contributed by atoms with van der Waals surface area (Å²) in [5.41, 5.74) is 1.54. The van der Waals surface area contributed by atoms with Crippen LogP contribution in [0, 0.1) is 12.7 Å². The number of ketones is 1. The number of aryl methyl sites for hydroxylation is 1. The number of anilines is 2. The van der Waals surface area contributed by atoms with Crippen molar-refractivity contribution in [2.75, 3.05) is 36.4 Å². The summed E-state index contributed by atoms with van der Waals surface area (Å²) in [6, 6.07) is 5.88. The Labute approximate surface area is 157 Å². The second-order valence-corrected chi connectivity index (χ2v) is 6.74. The lowest BCUT2D eigenvalue weighted by molar-refractivity contribution is -0.121. The molecule has 1 aliphatic rings. The molecule has 2 heterocycles. The number of hydrogen-bond donors (Lipinski definition) is 1. The predicted molar refractivity (Wildman–Crippen MR) is 99.5 cm³/mol. The maximum absolute atomic E-state index is 14.3. The van der Waals surface area contributed by atoms with Crippen LogP contribution in [0.5, 0.6) is 0 Å². The molecule has 1 fully saturated rings. The lowest BCUT2D eigenvalue weighted by Crippen LogP contribution is -2.53. The average Bonchev–Trinajstić information content (AvgIpc) is 3.05. The first kappa shape index (κ1) is 19.0. The standard InChI is InChI=1S/C19H23FN4O3/c1-12-10-18(27-22-12)21-19(26)13(2)23-6-8-24(9-7-23)17-5-4-15(14(3)25)11-16(17)20/h4-5,10-11,13H,6-9H2,1-3H3,(H,21,26). The van der Waals surface area contributed by atoms with E-state index in [1.165, 1.54) is 13.0 Å². The van der Waals surface area contributed by atoms with E-state index in [1.807, 2.05) is 16.7 Å². The summed E-state index contributed by atoms with van der Waals surface area (Å²) in [4.78, 5) is 27.7. The molecule has 144 valence electrons. The molecule has 7 nitrogen and oxygen atoms in total. The SMILES string of the molecule is CC(=O)c1ccc(N2CCN(C(C)C(=O)Nc3cc(C)no3)CC2)c(F)c1. The molecule has 0 saturated carbocycles. The number of carbonyl (C=O) groups excluding carboxylic acids is 2. The number of benzene rings is 1. The Bertz CT molecular complexity index is 843. The summed E-state index contributed by atoms with van der Waals surface area (Å²) >= 11 is 0. The Morgan fingerprint density at radius 2 is 1.93 bits per heavy atom. The van der Waals surface area contributed by atoms with Gasteiger partial charge in [-0.2, -0.15) is 0 Å². The van der Waals surface area contributed by atoms with Gasteiger partial charge in [0, 0.05) is 37.8 Å². The van der Waals surface area contributed by atoms with Crippen LogP contribution in [0.1, 0.15) is 29.9 Å². The number of nitrogens with zero attached hydrogens (tertiary/aromatic N) is 3. The molecule has 1 unspecified atom stereocenters. The second kappa shape index (κ2) is 7.87. The minimum absolute atomic E-state index is 0.160. The van der Waals surface area contributed by atoms with E-state index in [0.29, 0.717) is 49.0 Å². The Kier molecular flexibility index (Phi) is 5.55. The van der Waals surface area contributed by atoms with Crippen LogP contribution >= 0.6 is 0 Å². The Morgan fingerprint density at radius 3 is 2.48 bits per heavy atom. The van der Waals surface area contributed by atoms with E-state index in [2.05, 4.69) is 10.5 Å². The monoisotopic (exact) mass is 374 g/mol. The maximum Gasteiger partial charge on any atom is 0.243 e. The van der Waals surface area contributed by atoms with Crippen LogP contribution in [0.3, 0.4) is 0 Å². The molecule has 1 saturated heterocycles. The highest BCUT2D eigenvalue weighted by atomic mass is 19.1. The molecule has 2 aromatic rings. The summed E-state index contributed by atoms with van der Waals surface area (Å²) in [5.74, 6) is -0.401. The van der Waals surface area contributed by atoms with Crippen molar-refractivity contribution in [3.8, 4) is 0 Å². The summed E-state index contributed by atoms with van der Waals surface area (Å²) in [6.45, 7) is 7.46. The number of nitrogens with one attached hydrogen (secondary N) is 1. The molecule has 1 aromatic heterocycles. The molecule has 27 heavy (non-hydrogen) atoms. The third-order valence-corrected chi connectivity index (χ3v) is 4.81. The van der Waals surface area contributed by atoms with Gasteiger partial charge in [0.15, 0.2) is 5.78 Å². The molecule has 1 amide bonds. The highest BCUT2D eigenvalue weighted by molar-refractivity contribution is 5.94. The van der Waals surface area contributed by atoms with Crippen LogP contribution < -0.4 is 10.2 Å². The first-order chi connectivity index (χ1) is 12.8. The first-order valence-electron chi connectivity index (χ1n) is 8.89. The zero-order chi connectivity index (χ0) is 19.6. The van der Waals surface area contributed by atoms with Gasteiger partial charge in [0.2, 0.25) is 11.8 Å². The third-order valence-electron chi connectivity index (χ3n) is 4.81. The van der Waals surface area contributed by atoms with E-state index in [9.17, 15) is 14.0 Å². The van der Waals surface area contributed by atoms with E-state index in [-0.39, 0.29) is 17.7 Å². The van der Waals surface area contributed by atoms with Gasteiger partial charge in [0.05, 0.1) is 17.4 Å². The number of rotatable bonds is 5. The number of amides is 1. The number of carbonyl (C=O) groups is 2. The van der Waals surface area contributed by atoms with Crippen LogP contribution in [0.2, 0.25) is 0 Å². The molecule has 0 aliphatic carbocycles. The molecule has 0 bridgehead atoms. The quantitative estimate of drug-likeness (QED) is 0.810. The van der Waals surface area contributed by atoms with E-state index in [1.54, 1.807) is 25.1 Å². The number of aromatic nitrogens is 1. The molecule has 0 radical (unpaired) electrons. The Morgan fingerprint density at radius 1 is 1.22 bits per heavy atom. The van der Waals surface area contributed by atoms with E-state index < -0.39 is 5.82 Å². The van der Waals surface area contributed by atoms with E-state index >= 15 is 0 Å². The fourth-order valence-corrected chi connectivity index (χ4v) is 3.15. The number of hydrogen-bond acceptors (Lipinski definition) is 6. The van der Waals surface area contributed by atoms with Gasteiger partial charge in [-0.1, -0.05) is 5.16 Å². The van der Waals surface area contributed by atoms with Crippen LogP contribution in [0.4, 0.5) is 16.0 Å². The van der Waals surface area contributed by atoms with Gasteiger partial charge in [-0.05, 0) is 39.0 Å². The van der Waals surface area contributed by atoms with Crippen molar-refractivity contribution in [3.05, 3.63) is 41.3 Å². The van der Waals surface area contributed by atoms with Gasteiger partial charge >= 0.3 is 0 Å². The van der Waals surface area contributed by atoms with Gasteiger partial charge in [-0.3, -0.25) is 19.8 Å². The van der Waals surface area contributed by atoms with Crippen LogP contribution in [0.15, 0.2) is 28.8 Å². The maximum atomic E-state index is 14.3. The van der Waals surface area contributed by atoms with Crippen molar-refractivity contribution in [1.82, 2.24) is 10.1 Å². The Balaban J connectivity index is 1.58. The fourth-order valence-electron chi connectivity index (χ4n) is 3.15. The molecule has 3 rings (SSSR count). The predicted octanol–water partition coefficient (Wildman–Crippen LogP) is 2.47.